The summed E-state index contributed by atoms with van der Waals surface area (Å²) >= 11 is 0. The van der Waals surface area contributed by atoms with Crippen LogP contribution in [0.4, 0.5) is 5.82 Å². The predicted octanol–water partition coefficient (Wildman–Crippen LogP) is 2.10. The fourth-order valence-electron chi connectivity index (χ4n) is 2.35. The molecule has 1 amide bonds. The Balaban J connectivity index is 1.92. The quantitative estimate of drug-likeness (QED) is 0.858. The van der Waals surface area contributed by atoms with Crippen molar-refractivity contribution >= 4 is 11.7 Å². The molecule has 0 atom stereocenters. The summed E-state index contributed by atoms with van der Waals surface area (Å²) < 4.78 is 0. The maximum atomic E-state index is 10.9. The van der Waals surface area contributed by atoms with Gasteiger partial charge in [0.25, 0.3) is 5.91 Å². The summed E-state index contributed by atoms with van der Waals surface area (Å²) in [5, 5.41) is 11.2. The van der Waals surface area contributed by atoms with Crippen molar-refractivity contribution in [3.8, 4) is 0 Å². The second-order valence-corrected chi connectivity index (χ2v) is 4.85. The zero-order chi connectivity index (χ0) is 12.8. The first-order valence-electron chi connectivity index (χ1n) is 6.66. The summed E-state index contributed by atoms with van der Waals surface area (Å²) in [4.78, 5) is 10.9. The average molecular weight is 248 g/mol. The smallest absolute Gasteiger partial charge is 0.269 e. The zero-order valence-corrected chi connectivity index (χ0v) is 10.6. The number of aromatic nitrogens is 2. The van der Waals surface area contributed by atoms with E-state index in [0.29, 0.717) is 6.04 Å². The molecule has 2 rings (SSSR count). The van der Waals surface area contributed by atoms with Gasteiger partial charge in [-0.2, -0.15) is 0 Å². The number of primary amides is 1. The minimum Gasteiger partial charge on any atom is -0.366 e. The van der Waals surface area contributed by atoms with Gasteiger partial charge in [0.15, 0.2) is 5.69 Å². The molecule has 3 N–H and O–H groups in total. The van der Waals surface area contributed by atoms with Crippen molar-refractivity contribution in [2.24, 2.45) is 5.73 Å². The topological polar surface area (TPSA) is 80.9 Å². The summed E-state index contributed by atoms with van der Waals surface area (Å²) in [7, 11) is 0. The third-order valence-electron chi connectivity index (χ3n) is 3.37. The number of hydrogen-bond donors (Lipinski definition) is 2. The van der Waals surface area contributed by atoms with Gasteiger partial charge in [0.05, 0.1) is 0 Å². The molecule has 5 nitrogen and oxygen atoms in total. The van der Waals surface area contributed by atoms with Crippen molar-refractivity contribution in [3.05, 3.63) is 17.8 Å². The van der Waals surface area contributed by atoms with Gasteiger partial charge in [-0.15, -0.1) is 10.2 Å². The van der Waals surface area contributed by atoms with Gasteiger partial charge in [-0.3, -0.25) is 4.79 Å². The third kappa shape index (κ3) is 3.68. The summed E-state index contributed by atoms with van der Waals surface area (Å²) in [5.41, 5.74) is 5.33. The van der Waals surface area contributed by atoms with Crippen LogP contribution in [0.15, 0.2) is 12.1 Å². The maximum Gasteiger partial charge on any atom is 0.269 e. The highest BCUT2D eigenvalue weighted by atomic mass is 16.1. The number of carbonyl (C=O) groups excluding carboxylic acids is 1. The van der Waals surface area contributed by atoms with Gasteiger partial charge in [-0.25, -0.2) is 0 Å². The fraction of sp³-hybridized carbons (Fsp3) is 0.615. The molecule has 0 bridgehead atoms. The van der Waals surface area contributed by atoms with E-state index < -0.39 is 5.91 Å². The van der Waals surface area contributed by atoms with Crippen LogP contribution in [0.2, 0.25) is 0 Å². The second-order valence-electron chi connectivity index (χ2n) is 4.85. The van der Waals surface area contributed by atoms with E-state index in [-0.39, 0.29) is 5.69 Å². The molecule has 98 valence electrons. The van der Waals surface area contributed by atoms with Crippen LogP contribution in [0.25, 0.3) is 0 Å². The molecule has 18 heavy (non-hydrogen) atoms. The van der Waals surface area contributed by atoms with E-state index in [1.807, 2.05) is 0 Å². The van der Waals surface area contributed by atoms with E-state index in [1.165, 1.54) is 44.9 Å². The molecule has 0 radical (unpaired) electrons. The molecule has 1 heterocycles. The highest BCUT2D eigenvalue weighted by Crippen LogP contribution is 2.19. The van der Waals surface area contributed by atoms with Gasteiger partial charge < -0.3 is 11.1 Å². The van der Waals surface area contributed by atoms with Gasteiger partial charge in [0.2, 0.25) is 0 Å². The van der Waals surface area contributed by atoms with Gasteiger partial charge in [-0.1, -0.05) is 32.1 Å². The summed E-state index contributed by atoms with van der Waals surface area (Å²) in [6.45, 7) is 0. The number of carbonyl (C=O) groups is 1. The Morgan fingerprint density at radius 3 is 2.33 bits per heavy atom. The van der Waals surface area contributed by atoms with E-state index >= 15 is 0 Å². The van der Waals surface area contributed by atoms with Crippen LogP contribution < -0.4 is 11.1 Å². The molecule has 0 aromatic carbocycles. The Morgan fingerprint density at radius 2 is 1.78 bits per heavy atom. The molecule has 1 aromatic heterocycles. The van der Waals surface area contributed by atoms with Gasteiger partial charge in [0.1, 0.15) is 5.82 Å². The molecule has 1 aliphatic rings. The number of nitrogens with two attached hydrogens (primary N) is 1. The molecule has 1 aromatic rings. The molecule has 0 unspecified atom stereocenters. The minimum absolute atomic E-state index is 0.207. The standard InChI is InChI=1S/C13H20N4O/c14-13(18)11-8-9-12(17-16-11)15-10-6-4-2-1-3-5-7-10/h8-10H,1-7H2,(H2,14,18)(H,15,17). The fourth-order valence-corrected chi connectivity index (χ4v) is 2.35. The van der Waals surface area contributed by atoms with Crippen molar-refractivity contribution in [3.63, 3.8) is 0 Å². The van der Waals surface area contributed by atoms with Gasteiger partial charge in [-0.05, 0) is 25.0 Å². The second kappa shape index (κ2) is 6.33. The molecule has 0 saturated heterocycles. The molecular formula is C13H20N4O. The molecule has 1 saturated carbocycles. The van der Waals surface area contributed by atoms with E-state index in [9.17, 15) is 4.79 Å². The molecule has 0 aliphatic heterocycles. The normalized spacial score (nSPS) is 17.8. The van der Waals surface area contributed by atoms with E-state index in [1.54, 1.807) is 12.1 Å². The van der Waals surface area contributed by atoms with Crippen molar-refractivity contribution in [2.45, 2.75) is 51.0 Å². The average Bonchev–Trinajstić information content (AvgIpc) is 2.33. The summed E-state index contributed by atoms with van der Waals surface area (Å²) in [6.07, 6.45) is 8.90. The Labute approximate surface area is 107 Å². The number of hydrogen-bond acceptors (Lipinski definition) is 4. The van der Waals surface area contributed by atoms with Gasteiger partial charge in [0, 0.05) is 6.04 Å². The lowest BCUT2D eigenvalue weighted by Gasteiger charge is -2.21. The first-order chi connectivity index (χ1) is 8.75. The van der Waals surface area contributed by atoms with E-state index in [0.717, 1.165) is 5.82 Å². The van der Waals surface area contributed by atoms with Crippen LogP contribution in [-0.2, 0) is 0 Å². The Hall–Kier alpha value is -1.65. The molecule has 0 spiro atoms. The molecule has 1 aliphatic carbocycles. The lowest BCUT2D eigenvalue weighted by Crippen LogP contribution is -2.22. The Morgan fingerprint density at radius 1 is 1.11 bits per heavy atom. The van der Waals surface area contributed by atoms with Crippen LogP contribution in [0.1, 0.15) is 55.4 Å². The highest BCUT2D eigenvalue weighted by Gasteiger charge is 2.12. The Kier molecular flexibility index (Phi) is 4.50. The van der Waals surface area contributed by atoms with Crippen molar-refractivity contribution < 1.29 is 4.79 Å². The number of nitrogens with one attached hydrogen (secondary N) is 1. The summed E-state index contributed by atoms with van der Waals surface area (Å²) in [5.74, 6) is 0.186. The predicted molar refractivity (Wildman–Crippen MR) is 70.3 cm³/mol. The van der Waals surface area contributed by atoms with E-state index in [2.05, 4.69) is 15.5 Å². The number of amides is 1. The van der Waals surface area contributed by atoms with Crippen LogP contribution in [0.3, 0.4) is 0 Å². The van der Waals surface area contributed by atoms with Crippen molar-refractivity contribution in [1.29, 1.82) is 0 Å². The zero-order valence-electron chi connectivity index (χ0n) is 10.6. The van der Waals surface area contributed by atoms with Crippen LogP contribution in [-0.4, -0.2) is 22.1 Å². The lowest BCUT2D eigenvalue weighted by atomic mass is 9.97. The largest absolute Gasteiger partial charge is 0.366 e. The number of anilines is 1. The first-order valence-corrected chi connectivity index (χ1v) is 6.66. The molecular weight excluding hydrogens is 228 g/mol. The first kappa shape index (κ1) is 12.8. The maximum absolute atomic E-state index is 10.9. The summed E-state index contributed by atoms with van der Waals surface area (Å²) in [6, 6.07) is 3.85. The van der Waals surface area contributed by atoms with Gasteiger partial charge >= 0.3 is 0 Å². The molecule has 1 fully saturated rings. The lowest BCUT2D eigenvalue weighted by molar-refractivity contribution is 0.0994. The van der Waals surface area contributed by atoms with Crippen LogP contribution in [0.5, 0.6) is 0 Å². The number of nitrogens with zero attached hydrogens (tertiary/aromatic N) is 2. The third-order valence-corrected chi connectivity index (χ3v) is 3.37. The SMILES string of the molecule is NC(=O)c1ccc(NC2CCCCCCC2)nn1. The highest BCUT2D eigenvalue weighted by molar-refractivity contribution is 5.90. The Bertz CT molecular complexity index is 382. The monoisotopic (exact) mass is 248 g/mol. The molecule has 5 heteroatoms. The van der Waals surface area contributed by atoms with Crippen molar-refractivity contribution in [1.82, 2.24) is 10.2 Å². The van der Waals surface area contributed by atoms with Crippen LogP contribution in [0, 0.1) is 0 Å². The van der Waals surface area contributed by atoms with E-state index in [4.69, 9.17) is 5.73 Å². The number of rotatable bonds is 3. The van der Waals surface area contributed by atoms with Crippen LogP contribution >= 0.6 is 0 Å². The van der Waals surface area contributed by atoms with Crippen molar-refractivity contribution in [2.75, 3.05) is 5.32 Å². The minimum atomic E-state index is -0.542.